The van der Waals surface area contributed by atoms with Gasteiger partial charge in [0, 0.05) is 6.54 Å². The second kappa shape index (κ2) is 8.56. The number of nitrogens with one attached hydrogen (secondary N) is 2. The summed E-state index contributed by atoms with van der Waals surface area (Å²) in [5.41, 5.74) is 3.21. The maximum Gasteiger partial charge on any atom is 0.337 e. The molecule has 0 aliphatic carbocycles. The molecule has 0 saturated heterocycles. The SMILES string of the molecule is COC(=O)c1ccc(/C=N\NC(=O)C(=O)NCC(C)C)cc1. The van der Waals surface area contributed by atoms with Crippen molar-refractivity contribution < 1.29 is 19.1 Å². The lowest BCUT2D eigenvalue weighted by Gasteiger charge is -2.05. The van der Waals surface area contributed by atoms with E-state index in [1.165, 1.54) is 13.3 Å². The molecule has 0 aliphatic heterocycles. The molecular formula is C15H19N3O4. The minimum Gasteiger partial charge on any atom is -0.465 e. The van der Waals surface area contributed by atoms with Crippen LogP contribution in [0.2, 0.25) is 0 Å². The van der Waals surface area contributed by atoms with Crippen LogP contribution in [-0.4, -0.2) is 37.7 Å². The predicted octanol–water partition coefficient (Wildman–Crippen LogP) is 0.695. The van der Waals surface area contributed by atoms with Gasteiger partial charge in [0.05, 0.1) is 18.9 Å². The van der Waals surface area contributed by atoms with E-state index in [4.69, 9.17) is 0 Å². The van der Waals surface area contributed by atoms with E-state index in [1.807, 2.05) is 13.8 Å². The lowest BCUT2D eigenvalue weighted by molar-refractivity contribution is -0.139. The van der Waals surface area contributed by atoms with E-state index in [9.17, 15) is 14.4 Å². The number of hydrazone groups is 1. The Labute approximate surface area is 128 Å². The molecule has 0 aliphatic rings. The van der Waals surface area contributed by atoms with Crippen molar-refractivity contribution in [1.82, 2.24) is 10.7 Å². The van der Waals surface area contributed by atoms with Crippen LogP contribution in [0.15, 0.2) is 29.4 Å². The van der Waals surface area contributed by atoms with Crippen LogP contribution in [0, 0.1) is 5.92 Å². The summed E-state index contributed by atoms with van der Waals surface area (Å²) < 4.78 is 4.58. The van der Waals surface area contributed by atoms with Gasteiger partial charge in [-0.2, -0.15) is 5.10 Å². The third-order valence-electron chi connectivity index (χ3n) is 2.59. The zero-order valence-electron chi connectivity index (χ0n) is 12.8. The highest BCUT2D eigenvalue weighted by molar-refractivity contribution is 6.35. The van der Waals surface area contributed by atoms with Gasteiger partial charge in [-0.3, -0.25) is 9.59 Å². The normalized spacial score (nSPS) is 10.5. The summed E-state index contributed by atoms with van der Waals surface area (Å²) in [6.45, 7) is 4.27. The molecule has 0 unspecified atom stereocenters. The molecule has 2 amide bonds. The molecule has 22 heavy (non-hydrogen) atoms. The van der Waals surface area contributed by atoms with Crippen LogP contribution >= 0.6 is 0 Å². The number of hydrogen-bond acceptors (Lipinski definition) is 5. The fourth-order valence-corrected chi connectivity index (χ4v) is 1.42. The second-order valence-electron chi connectivity index (χ2n) is 4.92. The first kappa shape index (κ1) is 17.4. The van der Waals surface area contributed by atoms with Crippen LogP contribution in [0.3, 0.4) is 0 Å². The molecule has 0 spiro atoms. The van der Waals surface area contributed by atoms with Crippen molar-refractivity contribution in [2.24, 2.45) is 11.0 Å². The molecule has 2 N–H and O–H groups in total. The van der Waals surface area contributed by atoms with Crippen molar-refractivity contribution in [2.75, 3.05) is 13.7 Å². The van der Waals surface area contributed by atoms with E-state index in [-0.39, 0.29) is 5.92 Å². The zero-order chi connectivity index (χ0) is 16.5. The Kier molecular flexibility index (Phi) is 6.75. The van der Waals surface area contributed by atoms with Crippen molar-refractivity contribution in [3.05, 3.63) is 35.4 Å². The molecule has 0 heterocycles. The third kappa shape index (κ3) is 5.74. The lowest BCUT2D eigenvalue weighted by atomic mass is 10.1. The molecule has 0 aromatic heterocycles. The van der Waals surface area contributed by atoms with Gasteiger partial charge >= 0.3 is 17.8 Å². The highest BCUT2D eigenvalue weighted by Gasteiger charge is 2.12. The smallest absolute Gasteiger partial charge is 0.337 e. The fraction of sp³-hybridized carbons (Fsp3) is 0.333. The van der Waals surface area contributed by atoms with Crippen LogP contribution < -0.4 is 10.7 Å². The molecule has 0 saturated carbocycles. The molecule has 1 aromatic rings. The maximum atomic E-state index is 11.4. The molecule has 0 radical (unpaired) electrons. The number of carbonyl (C=O) groups is 3. The summed E-state index contributed by atoms with van der Waals surface area (Å²) in [4.78, 5) is 34.1. The van der Waals surface area contributed by atoms with Gasteiger partial charge in [-0.05, 0) is 23.6 Å². The molecule has 0 bridgehead atoms. The molecule has 0 atom stereocenters. The number of carbonyl (C=O) groups excluding carboxylic acids is 3. The number of methoxy groups -OCH3 is 1. The monoisotopic (exact) mass is 305 g/mol. The van der Waals surface area contributed by atoms with Crippen molar-refractivity contribution >= 4 is 24.0 Å². The Bertz CT molecular complexity index is 565. The highest BCUT2D eigenvalue weighted by atomic mass is 16.5. The molecular weight excluding hydrogens is 286 g/mol. The Morgan fingerprint density at radius 3 is 2.36 bits per heavy atom. The third-order valence-corrected chi connectivity index (χ3v) is 2.59. The Balaban J connectivity index is 2.50. The topological polar surface area (TPSA) is 96.9 Å². The molecule has 1 rings (SSSR count). The van der Waals surface area contributed by atoms with Crippen molar-refractivity contribution in [1.29, 1.82) is 0 Å². The number of hydrogen-bond donors (Lipinski definition) is 2. The predicted molar refractivity (Wildman–Crippen MR) is 81.4 cm³/mol. The summed E-state index contributed by atoms with van der Waals surface area (Å²) in [5, 5.41) is 6.16. The number of nitrogens with zero attached hydrogens (tertiary/aromatic N) is 1. The standard InChI is InChI=1S/C15H19N3O4/c1-10(2)8-16-13(19)14(20)18-17-9-11-4-6-12(7-5-11)15(21)22-3/h4-7,9-10H,8H2,1-3H3,(H,16,19)(H,18,20)/b17-9-. The molecule has 7 nitrogen and oxygen atoms in total. The largest absolute Gasteiger partial charge is 0.465 e. The number of rotatable bonds is 5. The van der Waals surface area contributed by atoms with Gasteiger partial charge in [0.25, 0.3) is 0 Å². The first-order valence-electron chi connectivity index (χ1n) is 6.73. The van der Waals surface area contributed by atoms with Gasteiger partial charge in [-0.15, -0.1) is 0 Å². The summed E-state index contributed by atoms with van der Waals surface area (Å²) in [6.07, 6.45) is 1.37. The zero-order valence-corrected chi connectivity index (χ0v) is 12.8. The van der Waals surface area contributed by atoms with Crippen molar-refractivity contribution in [3.63, 3.8) is 0 Å². The van der Waals surface area contributed by atoms with Gasteiger partial charge < -0.3 is 10.1 Å². The Morgan fingerprint density at radius 1 is 1.18 bits per heavy atom. The van der Waals surface area contributed by atoms with Crippen LogP contribution in [0.4, 0.5) is 0 Å². The first-order chi connectivity index (χ1) is 10.4. The van der Waals surface area contributed by atoms with Gasteiger partial charge in [0.2, 0.25) is 0 Å². The molecule has 7 heteroatoms. The lowest BCUT2D eigenvalue weighted by Crippen LogP contribution is -2.39. The number of amides is 2. The van der Waals surface area contributed by atoms with E-state index in [0.717, 1.165) is 0 Å². The van der Waals surface area contributed by atoms with Gasteiger partial charge in [-0.1, -0.05) is 26.0 Å². The Hall–Kier alpha value is -2.70. The van der Waals surface area contributed by atoms with E-state index in [1.54, 1.807) is 24.3 Å². The van der Waals surface area contributed by atoms with E-state index in [2.05, 4.69) is 20.6 Å². The van der Waals surface area contributed by atoms with E-state index in [0.29, 0.717) is 17.7 Å². The minimum atomic E-state index is -0.830. The molecule has 0 fully saturated rings. The van der Waals surface area contributed by atoms with Crippen molar-refractivity contribution in [2.45, 2.75) is 13.8 Å². The number of esters is 1. The quantitative estimate of drug-likeness (QED) is 0.362. The Morgan fingerprint density at radius 2 is 1.82 bits per heavy atom. The number of ether oxygens (including phenoxy) is 1. The maximum absolute atomic E-state index is 11.4. The minimum absolute atomic E-state index is 0.258. The average molecular weight is 305 g/mol. The van der Waals surface area contributed by atoms with Crippen molar-refractivity contribution in [3.8, 4) is 0 Å². The van der Waals surface area contributed by atoms with Gasteiger partial charge in [0.1, 0.15) is 0 Å². The van der Waals surface area contributed by atoms with Crippen LogP contribution in [0.25, 0.3) is 0 Å². The molecule has 1 aromatic carbocycles. The van der Waals surface area contributed by atoms with Gasteiger partial charge in [-0.25, -0.2) is 10.2 Å². The summed E-state index contributed by atoms with van der Waals surface area (Å²) in [6, 6.07) is 6.43. The molecule has 118 valence electrons. The van der Waals surface area contributed by atoms with Crippen LogP contribution in [0.5, 0.6) is 0 Å². The van der Waals surface area contributed by atoms with E-state index >= 15 is 0 Å². The van der Waals surface area contributed by atoms with E-state index < -0.39 is 17.8 Å². The number of benzene rings is 1. The summed E-state index contributed by atoms with van der Waals surface area (Å²) in [5.74, 6) is -1.73. The average Bonchev–Trinajstić information content (AvgIpc) is 2.52. The second-order valence-corrected chi connectivity index (χ2v) is 4.92. The van der Waals surface area contributed by atoms with Crippen LogP contribution in [0.1, 0.15) is 29.8 Å². The summed E-state index contributed by atoms with van der Waals surface area (Å²) in [7, 11) is 1.30. The van der Waals surface area contributed by atoms with Crippen LogP contribution in [-0.2, 0) is 14.3 Å². The first-order valence-corrected chi connectivity index (χ1v) is 6.73. The van der Waals surface area contributed by atoms with Gasteiger partial charge in [0.15, 0.2) is 0 Å². The fourth-order valence-electron chi connectivity index (χ4n) is 1.42. The highest BCUT2D eigenvalue weighted by Crippen LogP contribution is 2.03. The summed E-state index contributed by atoms with van der Waals surface area (Å²) >= 11 is 0.